The van der Waals surface area contributed by atoms with Crippen LogP contribution in [0.25, 0.3) is 0 Å². The molecule has 0 heterocycles. The summed E-state index contributed by atoms with van der Waals surface area (Å²) in [5.74, 6) is -0.563. The van der Waals surface area contributed by atoms with Crippen molar-refractivity contribution in [3.8, 4) is 5.75 Å². The number of hydrogen-bond acceptors (Lipinski definition) is 4. The van der Waals surface area contributed by atoms with Gasteiger partial charge in [0.25, 0.3) is 10.0 Å². The number of para-hydroxylation sites is 1. The first-order valence-electron chi connectivity index (χ1n) is 7.93. The molecule has 25 heavy (non-hydrogen) atoms. The minimum atomic E-state index is -3.90. The van der Waals surface area contributed by atoms with E-state index in [0.717, 1.165) is 12.8 Å². The van der Waals surface area contributed by atoms with Crippen LogP contribution in [0.2, 0.25) is 0 Å². The molecular weight excluding hydrogens is 342 g/mol. The molecule has 0 saturated carbocycles. The highest BCUT2D eigenvalue weighted by molar-refractivity contribution is 7.92. The summed E-state index contributed by atoms with van der Waals surface area (Å²) in [4.78, 5) is 11.3. The number of carboxylic acids is 1. The molecule has 0 spiro atoms. The molecule has 0 aromatic heterocycles. The average molecular weight is 363 g/mol. The van der Waals surface area contributed by atoms with Crippen molar-refractivity contribution >= 4 is 21.7 Å². The minimum Gasteiger partial charge on any atom is -0.493 e. The van der Waals surface area contributed by atoms with E-state index in [0.29, 0.717) is 17.9 Å². The van der Waals surface area contributed by atoms with Crippen molar-refractivity contribution in [2.45, 2.75) is 31.6 Å². The smallest absolute Gasteiger partial charge is 0.337 e. The van der Waals surface area contributed by atoms with Crippen molar-refractivity contribution in [1.82, 2.24) is 0 Å². The summed E-state index contributed by atoms with van der Waals surface area (Å²) >= 11 is 0. The summed E-state index contributed by atoms with van der Waals surface area (Å²) in [6.45, 7) is 4.41. The molecule has 0 unspecified atom stereocenters. The SMILES string of the molecule is CCCCOc1ccc(S(=O)(=O)Nc2ccccc2C(=O)O)cc1C. The van der Waals surface area contributed by atoms with Gasteiger partial charge in [-0.15, -0.1) is 0 Å². The van der Waals surface area contributed by atoms with Crippen LogP contribution in [0.3, 0.4) is 0 Å². The number of aromatic carboxylic acids is 1. The first-order valence-corrected chi connectivity index (χ1v) is 9.42. The van der Waals surface area contributed by atoms with E-state index in [-0.39, 0.29) is 16.1 Å². The Morgan fingerprint density at radius 1 is 1.20 bits per heavy atom. The normalized spacial score (nSPS) is 11.1. The molecule has 2 aromatic rings. The maximum atomic E-state index is 12.6. The Morgan fingerprint density at radius 3 is 2.56 bits per heavy atom. The number of hydrogen-bond donors (Lipinski definition) is 2. The van der Waals surface area contributed by atoms with E-state index in [1.165, 1.54) is 30.3 Å². The number of nitrogens with one attached hydrogen (secondary N) is 1. The summed E-state index contributed by atoms with van der Waals surface area (Å²) in [5.41, 5.74) is 0.615. The van der Waals surface area contributed by atoms with Gasteiger partial charge in [0.1, 0.15) is 5.75 Å². The Bertz CT molecular complexity index is 862. The van der Waals surface area contributed by atoms with E-state index in [4.69, 9.17) is 9.84 Å². The number of benzene rings is 2. The van der Waals surface area contributed by atoms with Crippen LogP contribution in [0.15, 0.2) is 47.4 Å². The first-order chi connectivity index (χ1) is 11.8. The quantitative estimate of drug-likeness (QED) is 0.698. The Hall–Kier alpha value is -2.54. The Morgan fingerprint density at radius 2 is 1.92 bits per heavy atom. The molecular formula is C18H21NO5S. The van der Waals surface area contributed by atoms with E-state index in [1.807, 2.05) is 0 Å². The van der Waals surface area contributed by atoms with Gasteiger partial charge in [0.15, 0.2) is 0 Å². The highest BCUT2D eigenvalue weighted by Crippen LogP contribution is 2.25. The number of aryl methyl sites for hydroxylation is 1. The number of ether oxygens (including phenoxy) is 1. The molecule has 134 valence electrons. The van der Waals surface area contributed by atoms with Crippen LogP contribution in [0, 0.1) is 6.92 Å². The Labute approximate surface area is 147 Å². The monoisotopic (exact) mass is 363 g/mol. The van der Waals surface area contributed by atoms with Crippen LogP contribution in [0.1, 0.15) is 35.7 Å². The van der Waals surface area contributed by atoms with Crippen molar-refractivity contribution in [2.24, 2.45) is 0 Å². The van der Waals surface area contributed by atoms with Gasteiger partial charge in [0.2, 0.25) is 0 Å². The number of anilines is 1. The molecule has 0 aliphatic heterocycles. The Kier molecular flexibility index (Phi) is 6.03. The third-order valence-electron chi connectivity index (χ3n) is 3.61. The van der Waals surface area contributed by atoms with Gasteiger partial charge in [-0.3, -0.25) is 4.72 Å². The minimum absolute atomic E-state index is 0.0240. The van der Waals surface area contributed by atoms with Gasteiger partial charge in [-0.25, -0.2) is 13.2 Å². The van der Waals surface area contributed by atoms with E-state index in [9.17, 15) is 13.2 Å². The lowest BCUT2D eigenvalue weighted by atomic mass is 10.2. The molecule has 7 heteroatoms. The molecule has 6 nitrogen and oxygen atoms in total. The van der Waals surface area contributed by atoms with Gasteiger partial charge in [0, 0.05) is 0 Å². The topological polar surface area (TPSA) is 92.7 Å². The molecule has 2 aromatic carbocycles. The van der Waals surface area contributed by atoms with Crippen LogP contribution in [0.5, 0.6) is 5.75 Å². The second kappa shape index (κ2) is 8.02. The van der Waals surface area contributed by atoms with Crippen molar-refractivity contribution in [2.75, 3.05) is 11.3 Å². The molecule has 0 amide bonds. The zero-order chi connectivity index (χ0) is 18.4. The van der Waals surface area contributed by atoms with Crippen LogP contribution in [-0.2, 0) is 10.0 Å². The van der Waals surface area contributed by atoms with Gasteiger partial charge in [0.05, 0.1) is 22.8 Å². The van der Waals surface area contributed by atoms with Crippen LogP contribution in [0.4, 0.5) is 5.69 Å². The molecule has 0 radical (unpaired) electrons. The van der Waals surface area contributed by atoms with E-state index in [2.05, 4.69) is 11.6 Å². The molecule has 0 aliphatic carbocycles. The summed E-state index contributed by atoms with van der Waals surface area (Å²) < 4.78 is 33.1. The number of rotatable bonds is 8. The van der Waals surface area contributed by atoms with E-state index in [1.54, 1.807) is 19.1 Å². The average Bonchev–Trinajstić information content (AvgIpc) is 2.56. The van der Waals surface area contributed by atoms with Gasteiger partial charge in [-0.05, 0) is 49.2 Å². The molecule has 0 atom stereocenters. The maximum Gasteiger partial charge on any atom is 0.337 e. The van der Waals surface area contributed by atoms with Gasteiger partial charge >= 0.3 is 5.97 Å². The zero-order valence-corrected chi connectivity index (χ0v) is 15.0. The fourth-order valence-electron chi connectivity index (χ4n) is 2.24. The predicted octanol–water partition coefficient (Wildman–Crippen LogP) is 3.67. The lowest BCUT2D eigenvalue weighted by molar-refractivity contribution is 0.0698. The first kappa shape index (κ1) is 18.8. The van der Waals surface area contributed by atoms with Gasteiger partial charge in [-0.1, -0.05) is 25.5 Å². The number of carboxylic acid groups (broad SMARTS) is 1. The zero-order valence-electron chi connectivity index (χ0n) is 14.2. The van der Waals surface area contributed by atoms with Gasteiger partial charge in [-0.2, -0.15) is 0 Å². The summed E-state index contributed by atoms with van der Waals surface area (Å²) in [7, 11) is -3.90. The number of carbonyl (C=O) groups is 1. The fourth-order valence-corrected chi connectivity index (χ4v) is 3.40. The van der Waals surface area contributed by atoms with Crippen molar-refractivity contribution in [3.05, 3.63) is 53.6 Å². The van der Waals surface area contributed by atoms with E-state index < -0.39 is 16.0 Å². The van der Waals surface area contributed by atoms with Crippen LogP contribution in [-0.4, -0.2) is 26.1 Å². The number of unbranched alkanes of at least 4 members (excludes halogenated alkanes) is 1. The lowest BCUT2D eigenvalue weighted by Gasteiger charge is -2.13. The lowest BCUT2D eigenvalue weighted by Crippen LogP contribution is -2.15. The summed E-state index contributed by atoms with van der Waals surface area (Å²) in [5, 5.41) is 9.16. The summed E-state index contributed by atoms with van der Waals surface area (Å²) in [6, 6.07) is 10.4. The molecule has 2 rings (SSSR count). The van der Waals surface area contributed by atoms with Crippen molar-refractivity contribution in [1.29, 1.82) is 0 Å². The van der Waals surface area contributed by atoms with Crippen molar-refractivity contribution in [3.63, 3.8) is 0 Å². The maximum absolute atomic E-state index is 12.6. The van der Waals surface area contributed by atoms with E-state index >= 15 is 0 Å². The number of sulfonamides is 1. The molecule has 0 saturated heterocycles. The second-order valence-corrected chi connectivity index (χ2v) is 7.27. The fraction of sp³-hybridized carbons (Fsp3) is 0.278. The highest BCUT2D eigenvalue weighted by Gasteiger charge is 2.19. The van der Waals surface area contributed by atoms with Crippen LogP contribution >= 0.6 is 0 Å². The highest BCUT2D eigenvalue weighted by atomic mass is 32.2. The largest absolute Gasteiger partial charge is 0.493 e. The third-order valence-corrected chi connectivity index (χ3v) is 4.98. The molecule has 0 aliphatic rings. The Balaban J connectivity index is 2.26. The third kappa shape index (κ3) is 4.73. The molecule has 0 bridgehead atoms. The second-order valence-electron chi connectivity index (χ2n) is 5.59. The summed E-state index contributed by atoms with van der Waals surface area (Å²) in [6.07, 6.45) is 1.94. The molecule has 0 fully saturated rings. The standard InChI is InChI=1S/C18H21NO5S/c1-3-4-11-24-17-10-9-14(12-13(17)2)25(22,23)19-16-8-6-5-7-15(16)18(20)21/h5-10,12,19H,3-4,11H2,1-2H3,(H,20,21). The van der Waals surface area contributed by atoms with Gasteiger partial charge < -0.3 is 9.84 Å². The predicted molar refractivity (Wildman–Crippen MR) is 95.8 cm³/mol. The van der Waals surface area contributed by atoms with Crippen LogP contribution < -0.4 is 9.46 Å². The molecule has 2 N–H and O–H groups in total. The van der Waals surface area contributed by atoms with Crippen molar-refractivity contribution < 1.29 is 23.1 Å².